The van der Waals surface area contributed by atoms with Gasteiger partial charge in [-0.05, 0) is 48.0 Å². The minimum Gasteiger partial charge on any atom is -0.490 e. The molecule has 0 atom stereocenters. The summed E-state index contributed by atoms with van der Waals surface area (Å²) < 4.78 is 11.0. The third-order valence-corrected chi connectivity index (χ3v) is 4.96. The van der Waals surface area contributed by atoms with Crippen molar-refractivity contribution in [3.05, 3.63) is 94.0 Å². The Bertz CT molecular complexity index is 1470. The van der Waals surface area contributed by atoms with Gasteiger partial charge in [0.05, 0.1) is 23.3 Å². The van der Waals surface area contributed by atoms with E-state index in [1.54, 1.807) is 19.1 Å². The van der Waals surface area contributed by atoms with Gasteiger partial charge in [-0.3, -0.25) is 14.9 Å². The summed E-state index contributed by atoms with van der Waals surface area (Å²) in [7, 11) is 0. The number of nitrogens with one attached hydrogen (secondary N) is 1. The number of carbonyl (C=O) groups is 2. The van der Waals surface area contributed by atoms with E-state index in [0.717, 1.165) is 10.4 Å². The topological polar surface area (TPSA) is 164 Å². The summed E-state index contributed by atoms with van der Waals surface area (Å²) in [6.07, 6.45) is 1.40. The molecular weight excluding hydrogens is 494 g/mol. The molecule has 0 spiro atoms. The van der Waals surface area contributed by atoms with Crippen LogP contribution in [0.3, 0.4) is 0 Å². The second kappa shape index (κ2) is 12.0. The number of amides is 1. The van der Waals surface area contributed by atoms with Crippen LogP contribution in [0.2, 0.25) is 0 Å². The number of hydrogen-bond donors (Lipinski definition) is 1. The lowest BCUT2D eigenvalue weighted by Crippen LogP contribution is -2.24. The van der Waals surface area contributed by atoms with Crippen molar-refractivity contribution >= 4 is 23.8 Å². The van der Waals surface area contributed by atoms with E-state index in [-0.39, 0.29) is 29.3 Å². The van der Waals surface area contributed by atoms with Crippen molar-refractivity contribution in [1.82, 2.24) is 25.6 Å². The van der Waals surface area contributed by atoms with E-state index < -0.39 is 16.8 Å². The Kier molecular flexibility index (Phi) is 8.08. The number of carbonyl (C=O) groups excluding carboxylic acids is 2. The Morgan fingerprint density at radius 3 is 2.55 bits per heavy atom. The van der Waals surface area contributed by atoms with Crippen LogP contribution in [0.15, 0.2) is 77.9 Å². The number of aromatic nitrogens is 4. The third-order valence-electron chi connectivity index (χ3n) is 4.96. The summed E-state index contributed by atoms with van der Waals surface area (Å²) in [6.45, 7) is 1.89. The molecule has 0 saturated heterocycles. The fraction of sp³-hybridized carbons (Fsp3) is 0.120. The number of esters is 1. The summed E-state index contributed by atoms with van der Waals surface area (Å²) in [5.41, 5.74) is 3.74. The van der Waals surface area contributed by atoms with Gasteiger partial charge in [0.1, 0.15) is 6.54 Å². The molecule has 0 aliphatic heterocycles. The van der Waals surface area contributed by atoms with Crippen molar-refractivity contribution in [3.8, 4) is 22.9 Å². The van der Waals surface area contributed by atoms with Crippen LogP contribution in [-0.4, -0.2) is 49.8 Å². The Hall–Kier alpha value is -5.46. The molecule has 0 saturated carbocycles. The van der Waals surface area contributed by atoms with Gasteiger partial charge in [-0.25, -0.2) is 10.2 Å². The van der Waals surface area contributed by atoms with Gasteiger partial charge in [0.2, 0.25) is 5.82 Å². The SMILES string of the molecule is CCOc1cc(C=NNC(=O)Cn2nnc(-c3ccccc3)n2)ccc1OC(=O)c1ccc([N+](=O)[O-])cc1. The number of rotatable bonds is 10. The highest BCUT2D eigenvalue weighted by molar-refractivity contribution is 5.92. The van der Waals surface area contributed by atoms with Crippen LogP contribution >= 0.6 is 0 Å². The smallest absolute Gasteiger partial charge is 0.343 e. The lowest BCUT2D eigenvalue weighted by atomic mass is 10.2. The van der Waals surface area contributed by atoms with Gasteiger partial charge in [-0.2, -0.15) is 9.90 Å². The molecule has 0 aliphatic carbocycles. The van der Waals surface area contributed by atoms with Crippen LogP contribution in [0, 0.1) is 10.1 Å². The van der Waals surface area contributed by atoms with E-state index in [2.05, 4.69) is 25.9 Å². The summed E-state index contributed by atoms with van der Waals surface area (Å²) in [5, 5.41) is 26.7. The van der Waals surface area contributed by atoms with Gasteiger partial charge in [0.15, 0.2) is 11.5 Å². The minimum absolute atomic E-state index is 0.137. The predicted octanol–water partition coefficient (Wildman–Crippen LogP) is 3.02. The van der Waals surface area contributed by atoms with Gasteiger partial charge in [0, 0.05) is 17.7 Å². The van der Waals surface area contributed by atoms with Crippen LogP contribution in [-0.2, 0) is 11.3 Å². The summed E-state index contributed by atoms with van der Waals surface area (Å²) in [4.78, 5) is 36.1. The average Bonchev–Trinajstić information content (AvgIpc) is 3.39. The van der Waals surface area contributed by atoms with E-state index >= 15 is 0 Å². The van der Waals surface area contributed by atoms with E-state index in [1.165, 1.54) is 36.5 Å². The Morgan fingerprint density at radius 1 is 1.08 bits per heavy atom. The Morgan fingerprint density at radius 2 is 1.84 bits per heavy atom. The van der Waals surface area contributed by atoms with Crippen LogP contribution in [0.1, 0.15) is 22.8 Å². The molecule has 0 unspecified atom stereocenters. The molecule has 0 radical (unpaired) electrons. The van der Waals surface area contributed by atoms with Crippen molar-refractivity contribution in [2.24, 2.45) is 5.10 Å². The minimum atomic E-state index is -0.702. The highest BCUT2D eigenvalue weighted by atomic mass is 16.6. The Labute approximate surface area is 215 Å². The molecule has 0 fully saturated rings. The average molecular weight is 515 g/mol. The normalized spacial score (nSPS) is 10.8. The molecule has 3 aromatic carbocycles. The highest BCUT2D eigenvalue weighted by Gasteiger charge is 2.15. The van der Waals surface area contributed by atoms with E-state index in [0.29, 0.717) is 18.0 Å². The molecule has 1 aromatic heterocycles. The van der Waals surface area contributed by atoms with Crippen LogP contribution < -0.4 is 14.9 Å². The van der Waals surface area contributed by atoms with Gasteiger partial charge in [-0.15, -0.1) is 10.2 Å². The number of hydrazone groups is 1. The number of hydrogen-bond acceptors (Lipinski definition) is 10. The first-order chi connectivity index (χ1) is 18.4. The molecular formula is C25H21N7O6. The molecule has 38 heavy (non-hydrogen) atoms. The number of ether oxygens (including phenoxy) is 2. The fourth-order valence-corrected chi connectivity index (χ4v) is 3.19. The molecule has 1 amide bonds. The van der Waals surface area contributed by atoms with E-state index in [9.17, 15) is 19.7 Å². The number of nitro groups is 1. The molecule has 192 valence electrons. The lowest BCUT2D eigenvalue weighted by Gasteiger charge is -2.11. The summed E-state index contributed by atoms with van der Waals surface area (Å²) in [5.74, 6) is -0.329. The first kappa shape index (κ1) is 25.6. The van der Waals surface area contributed by atoms with Gasteiger partial charge >= 0.3 is 5.97 Å². The zero-order valence-electron chi connectivity index (χ0n) is 20.1. The molecule has 1 N–H and O–H groups in total. The standard InChI is InChI=1S/C25H21N7O6/c1-2-37-22-14-17(8-13-21(22)38-25(34)19-9-11-20(12-10-19)32(35)36)15-26-27-23(33)16-31-29-24(28-30-31)18-6-4-3-5-7-18/h3-15H,2,16H2,1H3,(H,27,33). The third kappa shape index (κ3) is 6.60. The lowest BCUT2D eigenvalue weighted by molar-refractivity contribution is -0.384. The molecule has 4 aromatic rings. The highest BCUT2D eigenvalue weighted by Crippen LogP contribution is 2.29. The molecule has 0 aliphatic rings. The van der Waals surface area contributed by atoms with Gasteiger partial charge in [-0.1, -0.05) is 30.3 Å². The van der Waals surface area contributed by atoms with Gasteiger partial charge in [0.25, 0.3) is 11.6 Å². The number of tetrazole rings is 1. The van der Waals surface area contributed by atoms with E-state index in [1.807, 2.05) is 30.3 Å². The maximum atomic E-state index is 12.5. The molecule has 1 heterocycles. The largest absolute Gasteiger partial charge is 0.490 e. The monoisotopic (exact) mass is 515 g/mol. The number of non-ortho nitro benzene ring substituents is 1. The first-order valence-electron chi connectivity index (χ1n) is 11.3. The zero-order chi connectivity index (χ0) is 26.9. The molecule has 4 rings (SSSR count). The van der Waals surface area contributed by atoms with Crippen LogP contribution in [0.25, 0.3) is 11.4 Å². The van der Waals surface area contributed by atoms with Crippen LogP contribution in [0.5, 0.6) is 11.5 Å². The van der Waals surface area contributed by atoms with E-state index in [4.69, 9.17) is 9.47 Å². The van der Waals surface area contributed by atoms with Crippen molar-refractivity contribution in [1.29, 1.82) is 0 Å². The number of nitrogens with zero attached hydrogens (tertiary/aromatic N) is 6. The quantitative estimate of drug-likeness (QED) is 0.110. The second-order valence-electron chi connectivity index (χ2n) is 7.64. The fourth-order valence-electron chi connectivity index (χ4n) is 3.19. The van der Waals surface area contributed by atoms with Crippen molar-refractivity contribution in [2.45, 2.75) is 13.5 Å². The van der Waals surface area contributed by atoms with Crippen molar-refractivity contribution < 1.29 is 24.0 Å². The Balaban J connectivity index is 1.36. The summed E-state index contributed by atoms with van der Waals surface area (Å²) >= 11 is 0. The maximum absolute atomic E-state index is 12.5. The molecule has 0 bridgehead atoms. The van der Waals surface area contributed by atoms with Crippen molar-refractivity contribution in [2.75, 3.05) is 6.61 Å². The second-order valence-corrected chi connectivity index (χ2v) is 7.64. The molecule has 13 heteroatoms. The predicted molar refractivity (Wildman–Crippen MR) is 135 cm³/mol. The maximum Gasteiger partial charge on any atom is 0.343 e. The zero-order valence-corrected chi connectivity index (χ0v) is 20.1. The first-order valence-corrected chi connectivity index (χ1v) is 11.3. The van der Waals surface area contributed by atoms with Gasteiger partial charge < -0.3 is 9.47 Å². The number of benzene rings is 3. The van der Waals surface area contributed by atoms with Crippen LogP contribution in [0.4, 0.5) is 5.69 Å². The van der Waals surface area contributed by atoms with Crippen molar-refractivity contribution in [3.63, 3.8) is 0 Å². The molecule has 13 nitrogen and oxygen atoms in total. The summed E-state index contributed by atoms with van der Waals surface area (Å²) in [6, 6.07) is 19.0. The number of nitro benzene ring substituents is 1.